The number of aryl methyl sites for hydroxylation is 1. The highest BCUT2D eigenvalue weighted by Crippen LogP contribution is 2.35. The van der Waals surface area contributed by atoms with Crippen molar-refractivity contribution in [3.05, 3.63) is 65.5 Å². The number of fused-ring (bicyclic) bond motifs is 1. The Morgan fingerprint density at radius 3 is 2.27 bits per heavy atom. The van der Waals surface area contributed by atoms with E-state index in [4.69, 9.17) is 0 Å². The molecule has 5 nitrogen and oxygen atoms in total. The molecule has 4 rings (SSSR count). The van der Waals surface area contributed by atoms with Crippen LogP contribution in [0.2, 0.25) is 0 Å². The highest BCUT2D eigenvalue weighted by atomic mass is 32.2. The zero-order valence-corrected chi connectivity index (χ0v) is 15.1. The Kier molecular flexibility index (Phi) is 3.99. The van der Waals surface area contributed by atoms with Gasteiger partial charge >= 0.3 is 6.03 Å². The first-order valence-electron chi connectivity index (χ1n) is 8.45. The number of hydrogen-bond acceptors (Lipinski definition) is 3. The summed E-state index contributed by atoms with van der Waals surface area (Å²) in [5, 5.41) is 0. The lowest BCUT2D eigenvalue weighted by molar-refractivity contribution is 0.206. The summed E-state index contributed by atoms with van der Waals surface area (Å²) in [4.78, 5) is 16.2. The van der Waals surface area contributed by atoms with Crippen LogP contribution < -0.4 is 4.90 Å². The van der Waals surface area contributed by atoms with Crippen molar-refractivity contribution in [2.45, 2.75) is 25.6 Å². The van der Waals surface area contributed by atoms with E-state index in [0.717, 1.165) is 11.1 Å². The van der Waals surface area contributed by atoms with Gasteiger partial charge in [0.15, 0.2) is 9.84 Å². The monoisotopic (exact) mass is 374 g/mol. The van der Waals surface area contributed by atoms with E-state index in [1.54, 1.807) is 4.90 Å². The third-order valence-electron chi connectivity index (χ3n) is 5.06. The summed E-state index contributed by atoms with van der Waals surface area (Å²) in [6, 6.07) is 12.4. The summed E-state index contributed by atoms with van der Waals surface area (Å²) < 4.78 is 37.6. The van der Waals surface area contributed by atoms with E-state index in [9.17, 15) is 17.6 Å². The molecule has 0 N–H and O–H groups in total. The predicted octanol–water partition coefficient (Wildman–Crippen LogP) is 2.74. The third-order valence-corrected chi connectivity index (χ3v) is 6.75. The van der Waals surface area contributed by atoms with Crippen molar-refractivity contribution in [3.63, 3.8) is 0 Å². The maximum Gasteiger partial charge on any atom is 0.325 e. The van der Waals surface area contributed by atoms with Gasteiger partial charge in [0.25, 0.3) is 0 Å². The lowest BCUT2D eigenvalue weighted by Crippen LogP contribution is -2.37. The van der Waals surface area contributed by atoms with Gasteiger partial charge in [-0.05, 0) is 36.8 Å². The molecule has 0 unspecified atom stereocenters. The van der Waals surface area contributed by atoms with Gasteiger partial charge in [0.2, 0.25) is 0 Å². The molecule has 2 fully saturated rings. The number of hydrogen-bond donors (Lipinski definition) is 0. The average molecular weight is 374 g/mol. The van der Waals surface area contributed by atoms with Crippen LogP contribution in [-0.2, 0) is 16.4 Å². The van der Waals surface area contributed by atoms with E-state index in [0.29, 0.717) is 12.2 Å². The molecule has 0 aromatic heterocycles. The molecule has 0 saturated carbocycles. The maximum atomic E-state index is 13.2. The summed E-state index contributed by atoms with van der Waals surface area (Å²) >= 11 is 0. The molecule has 2 saturated heterocycles. The van der Waals surface area contributed by atoms with Crippen LogP contribution in [0.1, 0.15) is 11.1 Å². The Labute approximate surface area is 152 Å². The summed E-state index contributed by atoms with van der Waals surface area (Å²) in [5.41, 5.74) is 2.60. The van der Waals surface area contributed by atoms with Gasteiger partial charge in [0.1, 0.15) is 5.82 Å². The molecule has 2 aromatic rings. The highest BCUT2D eigenvalue weighted by Gasteiger charge is 2.53. The molecule has 2 atom stereocenters. The van der Waals surface area contributed by atoms with Crippen molar-refractivity contribution < 1.29 is 17.6 Å². The van der Waals surface area contributed by atoms with Gasteiger partial charge in [0, 0.05) is 12.2 Å². The summed E-state index contributed by atoms with van der Waals surface area (Å²) in [7, 11) is -3.22. The SMILES string of the molecule is Cc1ccc(CN2C(=O)N(c3ccc(F)cc3)[C@H]3CS(=O)(=O)C[C@H]32)cc1. The van der Waals surface area contributed by atoms with Crippen LogP contribution >= 0.6 is 0 Å². The molecule has 26 heavy (non-hydrogen) atoms. The quantitative estimate of drug-likeness (QED) is 0.777. The number of nitrogens with zero attached hydrogens (tertiary/aromatic N) is 2. The number of rotatable bonds is 3. The fourth-order valence-electron chi connectivity index (χ4n) is 3.76. The molecule has 0 aliphatic carbocycles. The zero-order chi connectivity index (χ0) is 18.5. The zero-order valence-electron chi connectivity index (χ0n) is 14.3. The van der Waals surface area contributed by atoms with Crippen LogP contribution in [0, 0.1) is 12.7 Å². The number of halogens is 1. The molecular weight excluding hydrogens is 355 g/mol. The fourth-order valence-corrected chi connectivity index (χ4v) is 5.71. The smallest absolute Gasteiger partial charge is 0.314 e. The van der Waals surface area contributed by atoms with Gasteiger partial charge in [-0.3, -0.25) is 4.90 Å². The first kappa shape index (κ1) is 17.0. The second kappa shape index (κ2) is 6.09. The Morgan fingerprint density at radius 2 is 1.62 bits per heavy atom. The summed E-state index contributed by atoms with van der Waals surface area (Å²) in [5.74, 6) is -0.495. The summed E-state index contributed by atoms with van der Waals surface area (Å²) in [6.45, 7) is 2.34. The first-order chi connectivity index (χ1) is 12.3. The minimum atomic E-state index is -3.22. The van der Waals surface area contributed by atoms with E-state index in [1.165, 1.54) is 29.2 Å². The lowest BCUT2D eigenvalue weighted by Gasteiger charge is -2.22. The molecule has 0 bridgehead atoms. The third kappa shape index (κ3) is 2.96. The number of benzene rings is 2. The van der Waals surface area contributed by atoms with Crippen molar-refractivity contribution in [1.29, 1.82) is 0 Å². The first-order valence-corrected chi connectivity index (χ1v) is 10.3. The van der Waals surface area contributed by atoms with Gasteiger partial charge in [-0.1, -0.05) is 29.8 Å². The number of carbonyl (C=O) groups excluding carboxylic acids is 1. The second-order valence-corrected chi connectivity index (χ2v) is 9.11. The molecule has 2 aliphatic rings. The number of amides is 2. The van der Waals surface area contributed by atoms with E-state index in [2.05, 4.69) is 0 Å². The Hall–Kier alpha value is -2.41. The van der Waals surface area contributed by atoms with Crippen molar-refractivity contribution >= 4 is 21.6 Å². The van der Waals surface area contributed by atoms with Crippen molar-refractivity contribution in [2.24, 2.45) is 0 Å². The van der Waals surface area contributed by atoms with Crippen LogP contribution in [0.25, 0.3) is 0 Å². The molecule has 0 spiro atoms. The van der Waals surface area contributed by atoms with Crippen LogP contribution in [0.15, 0.2) is 48.5 Å². The van der Waals surface area contributed by atoms with Gasteiger partial charge in [0.05, 0.1) is 23.6 Å². The normalized spacial score (nSPS) is 24.2. The molecule has 2 amide bonds. The molecule has 0 radical (unpaired) electrons. The van der Waals surface area contributed by atoms with Crippen molar-refractivity contribution in [2.75, 3.05) is 16.4 Å². The minimum absolute atomic E-state index is 0.0348. The topological polar surface area (TPSA) is 57.7 Å². The van der Waals surface area contributed by atoms with Crippen LogP contribution in [0.3, 0.4) is 0 Å². The molecule has 7 heteroatoms. The van der Waals surface area contributed by atoms with Gasteiger partial charge in [-0.25, -0.2) is 17.6 Å². The maximum absolute atomic E-state index is 13.2. The van der Waals surface area contributed by atoms with Gasteiger partial charge < -0.3 is 4.90 Å². The van der Waals surface area contributed by atoms with Gasteiger partial charge in [-0.2, -0.15) is 0 Å². The van der Waals surface area contributed by atoms with Gasteiger partial charge in [-0.15, -0.1) is 0 Å². The molecule has 2 heterocycles. The minimum Gasteiger partial charge on any atom is -0.314 e. The second-order valence-electron chi connectivity index (χ2n) is 6.95. The van der Waals surface area contributed by atoms with Crippen LogP contribution in [-0.4, -0.2) is 42.9 Å². The van der Waals surface area contributed by atoms with E-state index in [1.807, 2.05) is 31.2 Å². The Balaban J connectivity index is 1.69. The Morgan fingerprint density at radius 1 is 1.00 bits per heavy atom. The molecule has 2 aliphatic heterocycles. The van der Waals surface area contributed by atoms with Crippen LogP contribution in [0.5, 0.6) is 0 Å². The van der Waals surface area contributed by atoms with Crippen molar-refractivity contribution in [1.82, 2.24) is 4.90 Å². The number of urea groups is 1. The molecule has 136 valence electrons. The summed E-state index contributed by atoms with van der Waals surface area (Å²) in [6.07, 6.45) is 0. The van der Waals surface area contributed by atoms with Crippen molar-refractivity contribution in [3.8, 4) is 0 Å². The number of carbonyl (C=O) groups is 1. The Bertz CT molecular complexity index is 942. The van der Waals surface area contributed by atoms with E-state index in [-0.39, 0.29) is 23.6 Å². The largest absolute Gasteiger partial charge is 0.325 e. The predicted molar refractivity (Wildman–Crippen MR) is 97.2 cm³/mol. The van der Waals surface area contributed by atoms with Crippen LogP contribution in [0.4, 0.5) is 14.9 Å². The average Bonchev–Trinajstić information content (AvgIpc) is 3.02. The number of sulfone groups is 1. The molecular formula is C19H19FN2O3S. The fraction of sp³-hybridized carbons (Fsp3) is 0.316. The van der Waals surface area contributed by atoms with E-state index < -0.39 is 21.7 Å². The molecule has 2 aromatic carbocycles. The van der Waals surface area contributed by atoms with E-state index >= 15 is 0 Å². The highest BCUT2D eigenvalue weighted by molar-refractivity contribution is 7.91. The lowest BCUT2D eigenvalue weighted by atomic mass is 10.1. The number of anilines is 1. The standard InChI is InChI=1S/C19H19FN2O3S/c1-13-2-4-14(5-3-13)10-21-17-11-26(24,25)12-18(17)22(19(21)23)16-8-6-15(20)7-9-16/h2-9,17-18H,10-12H2,1H3/t17-,18+/m1/s1.